The third-order valence-corrected chi connectivity index (χ3v) is 5.55. The van der Waals surface area contributed by atoms with Gasteiger partial charge in [0.05, 0.1) is 17.8 Å². The van der Waals surface area contributed by atoms with Crippen molar-refractivity contribution < 1.29 is 9.90 Å². The molecule has 0 spiro atoms. The Balaban J connectivity index is 1.59. The van der Waals surface area contributed by atoms with Crippen LogP contribution in [-0.2, 0) is 6.54 Å². The summed E-state index contributed by atoms with van der Waals surface area (Å²) in [6, 6.07) is 9.60. The molecule has 6 heteroatoms. The lowest BCUT2D eigenvalue weighted by Crippen LogP contribution is -2.42. The quantitative estimate of drug-likeness (QED) is 0.871. The van der Waals surface area contributed by atoms with Crippen LogP contribution in [0.5, 0.6) is 0 Å². The van der Waals surface area contributed by atoms with Crippen LogP contribution < -0.4 is 5.32 Å². The standard InChI is InChI=1S/C18H23N3O2S/c1-13-9-14(2)21(20-13)10-15-3-5-16(6-4-15)17(22)19-11-18(23)7-8-24-12-18/h3-6,9,23H,7-8,10-12H2,1-2H3,(H,19,22). The van der Waals surface area contributed by atoms with Crippen molar-refractivity contribution in [3.63, 3.8) is 0 Å². The molecule has 1 aromatic carbocycles. The molecule has 1 unspecified atom stereocenters. The second-order valence-electron chi connectivity index (χ2n) is 6.49. The van der Waals surface area contributed by atoms with Crippen LogP contribution in [0.3, 0.4) is 0 Å². The Labute approximate surface area is 146 Å². The van der Waals surface area contributed by atoms with E-state index in [1.54, 1.807) is 11.8 Å². The van der Waals surface area contributed by atoms with Gasteiger partial charge in [-0.2, -0.15) is 16.9 Å². The van der Waals surface area contributed by atoms with E-state index >= 15 is 0 Å². The van der Waals surface area contributed by atoms with Gasteiger partial charge in [0.2, 0.25) is 0 Å². The summed E-state index contributed by atoms with van der Waals surface area (Å²) in [5.74, 6) is 1.50. The summed E-state index contributed by atoms with van der Waals surface area (Å²) in [4.78, 5) is 12.2. The maximum atomic E-state index is 12.2. The van der Waals surface area contributed by atoms with Gasteiger partial charge >= 0.3 is 0 Å². The number of hydrogen-bond donors (Lipinski definition) is 2. The molecule has 0 aliphatic carbocycles. The van der Waals surface area contributed by atoms with E-state index in [1.807, 2.05) is 48.9 Å². The van der Waals surface area contributed by atoms with Crippen LogP contribution in [0.1, 0.15) is 33.7 Å². The van der Waals surface area contributed by atoms with E-state index in [4.69, 9.17) is 0 Å². The van der Waals surface area contributed by atoms with Gasteiger partial charge in [-0.05, 0) is 49.8 Å². The van der Waals surface area contributed by atoms with Gasteiger partial charge in [0.25, 0.3) is 5.91 Å². The molecule has 24 heavy (non-hydrogen) atoms. The van der Waals surface area contributed by atoms with E-state index in [9.17, 15) is 9.90 Å². The van der Waals surface area contributed by atoms with Gasteiger partial charge in [-0.3, -0.25) is 9.48 Å². The topological polar surface area (TPSA) is 67.2 Å². The van der Waals surface area contributed by atoms with Gasteiger partial charge in [-0.1, -0.05) is 12.1 Å². The van der Waals surface area contributed by atoms with Crippen LogP contribution in [0.4, 0.5) is 0 Å². The molecule has 5 nitrogen and oxygen atoms in total. The van der Waals surface area contributed by atoms with Crippen molar-refractivity contribution in [3.8, 4) is 0 Å². The van der Waals surface area contributed by atoms with Crippen molar-refractivity contribution in [2.75, 3.05) is 18.1 Å². The minimum absolute atomic E-state index is 0.141. The maximum Gasteiger partial charge on any atom is 0.251 e. The molecule has 1 aromatic heterocycles. The first-order chi connectivity index (χ1) is 11.5. The summed E-state index contributed by atoms with van der Waals surface area (Å²) < 4.78 is 1.96. The average molecular weight is 345 g/mol. The van der Waals surface area contributed by atoms with Crippen LogP contribution >= 0.6 is 11.8 Å². The van der Waals surface area contributed by atoms with Crippen LogP contribution in [0, 0.1) is 13.8 Å². The summed E-state index contributed by atoms with van der Waals surface area (Å²) >= 11 is 1.72. The predicted octanol–water partition coefficient (Wildman–Crippen LogP) is 2.15. The summed E-state index contributed by atoms with van der Waals surface area (Å²) in [5, 5.41) is 17.6. The minimum Gasteiger partial charge on any atom is -0.387 e. The highest BCUT2D eigenvalue weighted by Gasteiger charge is 2.31. The molecule has 1 saturated heterocycles. The number of carbonyl (C=O) groups is 1. The molecule has 0 radical (unpaired) electrons. The molecule has 2 N–H and O–H groups in total. The van der Waals surface area contributed by atoms with Gasteiger partial charge in [-0.15, -0.1) is 0 Å². The van der Waals surface area contributed by atoms with Crippen LogP contribution in [0.15, 0.2) is 30.3 Å². The number of benzene rings is 1. The van der Waals surface area contributed by atoms with Gasteiger partial charge in [-0.25, -0.2) is 0 Å². The number of rotatable bonds is 5. The Morgan fingerprint density at radius 3 is 2.71 bits per heavy atom. The molecule has 128 valence electrons. The number of aryl methyl sites for hydroxylation is 2. The first kappa shape index (κ1) is 17.0. The van der Waals surface area contributed by atoms with E-state index in [2.05, 4.69) is 10.4 Å². The van der Waals surface area contributed by atoms with Crippen molar-refractivity contribution in [2.45, 2.75) is 32.4 Å². The number of nitrogens with zero attached hydrogens (tertiary/aromatic N) is 2. The Morgan fingerprint density at radius 2 is 2.12 bits per heavy atom. The van der Waals surface area contributed by atoms with Crippen LogP contribution in [0.25, 0.3) is 0 Å². The Bertz CT molecular complexity index is 718. The van der Waals surface area contributed by atoms with Gasteiger partial charge < -0.3 is 10.4 Å². The Hall–Kier alpha value is -1.79. The van der Waals surface area contributed by atoms with Gasteiger partial charge in [0.1, 0.15) is 0 Å². The fourth-order valence-corrected chi connectivity index (χ4v) is 4.15. The number of nitrogens with one attached hydrogen (secondary N) is 1. The predicted molar refractivity (Wildman–Crippen MR) is 96.5 cm³/mol. The molecular formula is C18H23N3O2S. The molecule has 0 saturated carbocycles. The molecule has 1 aliphatic rings. The average Bonchev–Trinajstić information content (AvgIpc) is 3.12. The van der Waals surface area contributed by atoms with Gasteiger partial charge in [0.15, 0.2) is 0 Å². The molecule has 3 rings (SSSR count). The third-order valence-electron chi connectivity index (χ3n) is 4.31. The number of aromatic nitrogens is 2. The van der Waals surface area contributed by atoms with Crippen LogP contribution in [0.2, 0.25) is 0 Å². The summed E-state index contributed by atoms with van der Waals surface area (Å²) in [7, 11) is 0. The van der Waals surface area contributed by atoms with E-state index in [-0.39, 0.29) is 5.91 Å². The molecule has 2 heterocycles. The van der Waals surface area contributed by atoms with Crippen molar-refractivity contribution in [3.05, 3.63) is 52.8 Å². The fraction of sp³-hybridized carbons (Fsp3) is 0.444. The Kier molecular flexibility index (Phi) is 4.96. The first-order valence-electron chi connectivity index (χ1n) is 8.14. The molecule has 1 aliphatic heterocycles. The van der Waals surface area contributed by atoms with Crippen LogP contribution in [-0.4, -0.2) is 44.4 Å². The molecule has 1 amide bonds. The van der Waals surface area contributed by atoms with Gasteiger partial charge in [0, 0.05) is 23.6 Å². The molecule has 1 fully saturated rings. The minimum atomic E-state index is -0.754. The van der Waals surface area contributed by atoms with E-state index in [1.165, 1.54) is 0 Å². The smallest absolute Gasteiger partial charge is 0.251 e. The summed E-state index contributed by atoms with van der Waals surface area (Å²) in [6.45, 7) is 5.02. The van der Waals surface area contributed by atoms with Crippen molar-refractivity contribution in [2.24, 2.45) is 0 Å². The molecular weight excluding hydrogens is 322 g/mol. The first-order valence-corrected chi connectivity index (χ1v) is 9.29. The maximum absolute atomic E-state index is 12.2. The third kappa shape index (κ3) is 3.99. The number of thioether (sulfide) groups is 1. The summed E-state index contributed by atoms with van der Waals surface area (Å²) in [6.07, 6.45) is 0.736. The zero-order valence-corrected chi connectivity index (χ0v) is 14.9. The SMILES string of the molecule is Cc1cc(C)n(Cc2ccc(C(=O)NCC3(O)CCSC3)cc2)n1. The lowest BCUT2D eigenvalue weighted by atomic mass is 10.0. The Morgan fingerprint density at radius 1 is 1.38 bits per heavy atom. The number of hydrogen-bond acceptors (Lipinski definition) is 4. The molecule has 0 bridgehead atoms. The van der Waals surface area contributed by atoms with Crippen molar-refractivity contribution >= 4 is 17.7 Å². The largest absolute Gasteiger partial charge is 0.387 e. The molecule has 1 atom stereocenters. The normalized spacial score (nSPS) is 20.3. The van der Waals surface area contributed by atoms with E-state index < -0.39 is 5.60 Å². The number of aliphatic hydroxyl groups is 1. The van der Waals surface area contributed by atoms with E-state index in [0.29, 0.717) is 24.4 Å². The fourth-order valence-electron chi connectivity index (χ4n) is 2.85. The number of carbonyl (C=O) groups excluding carboxylic acids is 1. The second-order valence-corrected chi connectivity index (χ2v) is 7.60. The molecule has 2 aromatic rings. The number of amides is 1. The lowest BCUT2D eigenvalue weighted by molar-refractivity contribution is 0.0612. The van der Waals surface area contributed by atoms with Crippen molar-refractivity contribution in [1.82, 2.24) is 15.1 Å². The highest BCUT2D eigenvalue weighted by atomic mass is 32.2. The zero-order valence-electron chi connectivity index (χ0n) is 14.1. The van der Waals surface area contributed by atoms with Crippen molar-refractivity contribution in [1.29, 1.82) is 0 Å². The second kappa shape index (κ2) is 6.99. The zero-order chi connectivity index (χ0) is 17.2. The van der Waals surface area contributed by atoms with E-state index in [0.717, 1.165) is 29.1 Å². The highest BCUT2D eigenvalue weighted by molar-refractivity contribution is 7.99. The summed E-state index contributed by atoms with van der Waals surface area (Å²) in [5.41, 5.74) is 3.09. The lowest BCUT2D eigenvalue weighted by Gasteiger charge is -2.21. The highest BCUT2D eigenvalue weighted by Crippen LogP contribution is 2.27. The monoisotopic (exact) mass is 345 g/mol.